The highest BCUT2D eigenvalue weighted by Gasteiger charge is 2.25. The van der Waals surface area contributed by atoms with Gasteiger partial charge in [0.05, 0.1) is 11.7 Å². The van der Waals surface area contributed by atoms with Gasteiger partial charge in [-0.15, -0.1) is 0 Å². The van der Waals surface area contributed by atoms with Crippen LogP contribution in [-0.4, -0.2) is 16.4 Å². The molecule has 0 fully saturated rings. The Morgan fingerprint density at radius 1 is 1.42 bits per heavy atom. The average Bonchev–Trinajstić information content (AvgIpc) is 2.94. The molecule has 1 aromatic carbocycles. The number of rotatable bonds is 3. The van der Waals surface area contributed by atoms with Gasteiger partial charge in [0.15, 0.2) is 0 Å². The Morgan fingerprint density at radius 2 is 2.21 bits per heavy atom. The Kier molecular flexibility index (Phi) is 3.03. The molecule has 0 radical (unpaired) electrons. The topological polar surface area (TPSA) is 39.1 Å². The summed E-state index contributed by atoms with van der Waals surface area (Å²) in [5.41, 5.74) is 3.57. The number of nitrogens with zero attached hydrogens (tertiary/aromatic N) is 2. The van der Waals surface area contributed by atoms with Crippen LogP contribution in [0.3, 0.4) is 0 Å². The fourth-order valence-corrected chi connectivity index (χ4v) is 2.74. The van der Waals surface area contributed by atoms with E-state index in [4.69, 9.17) is 4.74 Å². The zero-order valence-corrected chi connectivity index (χ0v) is 11.6. The van der Waals surface area contributed by atoms with Crippen molar-refractivity contribution in [3.8, 4) is 5.75 Å². The normalized spacial score (nSPS) is 19.0. The predicted molar refractivity (Wildman–Crippen MR) is 74.2 cm³/mol. The maximum absolute atomic E-state index is 5.70. The van der Waals surface area contributed by atoms with E-state index in [-0.39, 0.29) is 12.1 Å². The standard InChI is InChI=1S/C15H19N3O/c1-10(13-8-18(3)17-11(13)2)16-14-9-19-15-7-5-4-6-12(14)15/h4-8,10,14,16H,9H2,1-3H3. The molecule has 0 bridgehead atoms. The van der Waals surface area contributed by atoms with Crippen LogP contribution < -0.4 is 10.1 Å². The monoisotopic (exact) mass is 257 g/mol. The zero-order valence-electron chi connectivity index (χ0n) is 11.6. The van der Waals surface area contributed by atoms with Crippen LogP contribution in [0.2, 0.25) is 0 Å². The van der Waals surface area contributed by atoms with E-state index < -0.39 is 0 Å². The van der Waals surface area contributed by atoms with E-state index in [9.17, 15) is 0 Å². The number of benzene rings is 1. The van der Waals surface area contributed by atoms with Crippen molar-refractivity contribution in [3.63, 3.8) is 0 Å². The molecule has 1 aliphatic rings. The van der Waals surface area contributed by atoms with Gasteiger partial charge in [-0.2, -0.15) is 5.10 Å². The molecule has 0 amide bonds. The highest BCUT2D eigenvalue weighted by molar-refractivity contribution is 5.39. The van der Waals surface area contributed by atoms with Gasteiger partial charge in [-0.1, -0.05) is 18.2 Å². The predicted octanol–water partition coefficient (Wildman–Crippen LogP) is 2.51. The van der Waals surface area contributed by atoms with Crippen LogP contribution in [0.15, 0.2) is 30.5 Å². The first-order chi connectivity index (χ1) is 9.15. The maximum Gasteiger partial charge on any atom is 0.124 e. The lowest BCUT2D eigenvalue weighted by atomic mass is 10.1. The molecule has 100 valence electrons. The largest absolute Gasteiger partial charge is 0.491 e. The number of hydrogen-bond acceptors (Lipinski definition) is 3. The molecular formula is C15H19N3O. The molecule has 0 saturated carbocycles. The number of para-hydroxylation sites is 1. The quantitative estimate of drug-likeness (QED) is 0.918. The lowest BCUT2D eigenvalue weighted by Crippen LogP contribution is -2.25. The molecule has 0 spiro atoms. The molecule has 2 atom stereocenters. The SMILES string of the molecule is Cc1nn(C)cc1C(C)NC1COc2ccccc21. The fourth-order valence-electron chi connectivity index (χ4n) is 2.74. The molecule has 1 aliphatic heterocycles. The second kappa shape index (κ2) is 4.70. The summed E-state index contributed by atoms with van der Waals surface area (Å²) in [6.07, 6.45) is 2.08. The minimum atomic E-state index is 0.255. The van der Waals surface area contributed by atoms with Gasteiger partial charge in [0.2, 0.25) is 0 Å². The summed E-state index contributed by atoms with van der Waals surface area (Å²) in [4.78, 5) is 0. The number of nitrogens with one attached hydrogen (secondary N) is 1. The van der Waals surface area contributed by atoms with Gasteiger partial charge >= 0.3 is 0 Å². The summed E-state index contributed by atoms with van der Waals surface area (Å²) in [6, 6.07) is 8.73. The smallest absolute Gasteiger partial charge is 0.124 e. The summed E-state index contributed by atoms with van der Waals surface area (Å²) in [6.45, 7) is 4.92. The first-order valence-corrected chi connectivity index (χ1v) is 6.63. The molecule has 19 heavy (non-hydrogen) atoms. The first-order valence-electron chi connectivity index (χ1n) is 6.63. The van der Waals surface area contributed by atoms with Crippen LogP contribution in [0.5, 0.6) is 5.75 Å². The summed E-state index contributed by atoms with van der Waals surface area (Å²) >= 11 is 0. The van der Waals surface area contributed by atoms with E-state index >= 15 is 0 Å². The molecule has 2 unspecified atom stereocenters. The van der Waals surface area contributed by atoms with Crippen molar-refractivity contribution in [1.29, 1.82) is 0 Å². The molecule has 1 N–H and O–H groups in total. The van der Waals surface area contributed by atoms with Crippen molar-refractivity contribution in [2.24, 2.45) is 7.05 Å². The van der Waals surface area contributed by atoms with Crippen LogP contribution >= 0.6 is 0 Å². The summed E-state index contributed by atoms with van der Waals surface area (Å²) in [5, 5.41) is 8.02. The first kappa shape index (κ1) is 12.2. The summed E-state index contributed by atoms with van der Waals surface area (Å²) in [5.74, 6) is 0.995. The van der Waals surface area contributed by atoms with Crippen molar-refractivity contribution < 1.29 is 4.74 Å². The molecule has 4 heteroatoms. The van der Waals surface area contributed by atoms with Crippen LogP contribution in [0.25, 0.3) is 0 Å². The van der Waals surface area contributed by atoms with Gasteiger partial charge in [-0.25, -0.2) is 0 Å². The van der Waals surface area contributed by atoms with Gasteiger partial charge in [-0.05, 0) is 19.9 Å². The number of ether oxygens (including phenoxy) is 1. The molecule has 3 rings (SSSR count). The van der Waals surface area contributed by atoms with E-state index in [1.165, 1.54) is 11.1 Å². The molecule has 2 heterocycles. The van der Waals surface area contributed by atoms with Crippen molar-refractivity contribution in [1.82, 2.24) is 15.1 Å². The Bertz CT molecular complexity index is 591. The third-order valence-electron chi connectivity index (χ3n) is 3.67. The molecule has 1 aromatic heterocycles. The minimum Gasteiger partial charge on any atom is -0.491 e. The van der Waals surface area contributed by atoms with E-state index in [0.29, 0.717) is 6.61 Å². The van der Waals surface area contributed by atoms with Gasteiger partial charge in [-0.3, -0.25) is 4.68 Å². The number of aromatic nitrogens is 2. The number of hydrogen-bond donors (Lipinski definition) is 1. The van der Waals surface area contributed by atoms with Gasteiger partial charge in [0.25, 0.3) is 0 Å². The van der Waals surface area contributed by atoms with E-state index in [2.05, 4.69) is 35.7 Å². The number of aryl methyl sites for hydroxylation is 2. The lowest BCUT2D eigenvalue weighted by molar-refractivity contribution is 0.300. The molecule has 0 aliphatic carbocycles. The molecule has 4 nitrogen and oxygen atoms in total. The lowest BCUT2D eigenvalue weighted by Gasteiger charge is -2.18. The maximum atomic E-state index is 5.70. The van der Waals surface area contributed by atoms with Gasteiger partial charge < -0.3 is 10.1 Å². The Balaban J connectivity index is 1.78. The third-order valence-corrected chi connectivity index (χ3v) is 3.67. The Labute approximate surface area is 113 Å². The van der Waals surface area contributed by atoms with Crippen LogP contribution in [0.4, 0.5) is 0 Å². The van der Waals surface area contributed by atoms with Crippen LogP contribution in [0.1, 0.15) is 35.8 Å². The van der Waals surface area contributed by atoms with E-state index in [1.54, 1.807) is 0 Å². The highest BCUT2D eigenvalue weighted by atomic mass is 16.5. The van der Waals surface area contributed by atoms with Crippen molar-refractivity contribution >= 4 is 0 Å². The second-order valence-electron chi connectivity index (χ2n) is 5.13. The molecule has 0 saturated heterocycles. The second-order valence-corrected chi connectivity index (χ2v) is 5.13. The van der Waals surface area contributed by atoms with Crippen LogP contribution in [0, 0.1) is 6.92 Å². The van der Waals surface area contributed by atoms with Gasteiger partial charge in [0.1, 0.15) is 12.4 Å². The highest BCUT2D eigenvalue weighted by Crippen LogP contribution is 2.33. The van der Waals surface area contributed by atoms with Gasteiger partial charge in [0, 0.05) is 30.4 Å². The zero-order chi connectivity index (χ0) is 13.4. The number of fused-ring (bicyclic) bond motifs is 1. The third kappa shape index (κ3) is 2.24. The van der Waals surface area contributed by atoms with Crippen LogP contribution in [-0.2, 0) is 7.05 Å². The summed E-state index contributed by atoms with van der Waals surface area (Å²) < 4.78 is 7.56. The van der Waals surface area contributed by atoms with Crippen molar-refractivity contribution in [2.45, 2.75) is 25.9 Å². The summed E-state index contributed by atoms with van der Waals surface area (Å²) in [7, 11) is 1.96. The average molecular weight is 257 g/mol. The Morgan fingerprint density at radius 3 is 2.95 bits per heavy atom. The fraction of sp³-hybridized carbons (Fsp3) is 0.400. The molecular weight excluding hydrogens is 238 g/mol. The van der Waals surface area contributed by atoms with Crippen molar-refractivity contribution in [3.05, 3.63) is 47.3 Å². The van der Waals surface area contributed by atoms with E-state index in [0.717, 1.165) is 11.4 Å². The van der Waals surface area contributed by atoms with Crippen molar-refractivity contribution in [2.75, 3.05) is 6.61 Å². The molecule has 2 aromatic rings. The minimum absolute atomic E-state index is 0.255. The Hall–Kier alpha value is -1.81. The van der Waals surface area contributed by atoms with E-state index in [1.807, 2.05) is 30.8 Å².